The number of rotatable bonds is 5. The molecule has 1 aromatic heterocycles. The largest absolute Gasteiger partial charge is 0.378 e. The SMILES string of the molecule is CN(C)c1cccc(C(Cc2sccc2Br)NN)c1. The summed E-state index contributed by atoms with van der Waals surface area (Å²) in [6.07, 6.45) is 0.881. The van der Waals surface area contributed by atoms with E-state index in [4.69, 9.17) is 5.84 Å². The number of nitrogens with one attached hydrogen (secondary N) is 1. The second-order valence-electron chi connectivity index (χ2n) is 4.60. The molecule has 1 aromatic carbocycles. The molecule has 19 heavy (non-hydrogen) atoms. The number of anilines is 1. The van der Waals surface area contributed by atoms with Gasteiger partial charge in [-0.3, -0.25) is 11.3 Å². The van der Waals surface area contributed by atoms with E-state index in [0.29, 0.717) is 0 Å². The zero-order valence-electron chi connectivity index (χ0n) is 11.1. The van der Waals surface area contributed by atoms with E-state index in [0.717, 1.165) is 10.9 Å². The van der Waals surface area contributed by atoms with Crippen LogP contribution in [0, 0.1) is 0 Å². The fourth-order valence-corrected chi connectivity index (χ4v) is 3.51. The first-order valence-electron chi connectivity index (χ1n) is 6.07. The molecule has 1 atom stereocenters. The molecule has 5 heteroatoms. The Morgan fingerprint density at radius 3 is 2.74 bits per heavy atom. The van der Waals surface area contributed by atoms with Crippen LogP contribution in [0.25, 0.3) is 0 Å². The molecule has 0 spiro atoms. The third-order valence-electron chi connectivity index (χ3n) is 3.07. The Morgan fingerprint density at radius 2 is 2.16 bits per heavy atom. The van der Waals surface area contributed by atoms with Gasteiger partial charge in [0.05, 0.1) is 6.04 Å². The van der Waals surface area contributed by atoms with Gasteiger partial charge in [-0.05, 0) is 45.1 Å². The van der Waals surface area contributed by atoms with Crippen molar-refractivity contribution in [3.05, 3.63) is 50.6 Å². The number of benzene rings is 1. The first kappa shape index (κ1) is 14.5. The van der Waals surface area contributed by atoms with Crippen molar-refractivity contribution in [3.63, 3.8) is 0 Å². The molecule has 0 saturated carbocycles. The van der Waals surface area contributed by atoms with Crippen molar-refractivity contribution in [2.24, 2.45) is 5.84 Å². The van der Waals surface area contributed by atoms with Gasteiger partial charge < -0.3 is 4.90 Å². The summed E-state index contributed by atoms with van der Waals surface area (Å²) >= 11 is 5.31. The van der Waals surface area contributed by atoms with Crippen molar-refractivity contribution in [3.8, 4) is 0 Å². The van der Waals surface area contributed by atoms with Crippen molar-refractivity contribution in [2.45, 2.75) is 12.5 Å². The maximum Gasteiger partial charge on any atom is 0.0509 e. The molecule has 3 N–H and O–H groups in total. The van der Waals surface area contributed by atoms with Crippen LogP contribution in [0.2, 0.25) is 0 Å². The van der Waals surface area contributed by atoms with Crippen LogP contribution in [0.5, 0.6) is 0 Å². The molecule has 0 aliphatic rings. The van der Waals surface area contributed by atoms with Crippen LogP contribution in [-0.2, 0) is 6.42 Å². The van der Waals surface area contributed by atoms with Crippen LogP contribution >= 0.6 is 27.3 Å². The Bertz CT molecular complexity index is 539. The van der Waals surface area contributed by atoms with Gasteiger partial charge in [-0.25, -0.2) is 0 Å². The topological polar surface area (TPSA) is 41.3 Å². The van der Waals surface area contributed by atoms with Crippen molar-refractivity contribution in [1.82, 2.24) is 5.43 Å². The molecule has 0 aliphatic carbocycles. The van der Waals surface area contributed by atoms with Gasteiger partial charge in [-0.2, -0.15) is 0 Å². The third kappa shape index (κ3) is 3.57. The minimum Gasteiger partial charge on any atom is -0.378 e. The number of thiophene rings is 1. The van der Waals surface area contributed by atoms with Gasteiger partial charge in [0.25, 0.3) is 0 Å². The molecule has 2 rings (SSSR count). The van der Waals surface area contributed by atoms with Crippen LogP contribution in [0.15, 0.2) is 40.2 Å². The Morgan fingerprint density at radius 1 is 1.37 bits per heavy atom. The number of hydrazine groups is 1. The average molecular weight is 340 g/mol. The highest BCUT2D eigenvalue weighted by atomic mass is 79.9. The van der Waals surface area contributed by atoms with Gasteiger partial charge in [0.2, 0.25) is 0 Å². The number of nitrogens with zero attached hydrogens (tertiary/aromatic N) is 1. The Balaban J connectivity index is 2.22. The van der Waals surface area contributed by atoms with Crippen molar-refractivity contribution in [1.29, 1.82) is 0 Å². The third-order valence-corrected chi connectivity index (χ3v) is 5.02. The minimum atomic E-state index is 0.120. The molecule has 1 heterocycles. The minimum absolute atomic E-state index is 0.120. The van der Waals surface area contributed by atoms with Gasteiger partial charge in [0, 0.05) is 35.6 Å². The summed E-state index contributed by atoms with van der Waals surface area (Å²) in [5, 5.41) is 2.09. The first-order valence-corrected chi connectivity index (χ1v) is 7.74. The highest BCUT2D eigenvalue weighted by molar-refractivity contribution is 9.10. The predicted octanol–water partition coefficient (Wildman–Crippen LogP) is 3.32. The lowest BCUT2D eigenvalue weighted by atomic mass is 10.0. The molecule has 0 saturated heterocycles. The molecule has 0 fully saturated rings. The highest BCUT2D eigenvalue weighted by Gasteiger charge is 2.14. The molecule has 0 amide bonds. The molecule has 0 bridgehead atoms. The lowest BCUT2D eigenvalue weighted by Gasteiger charge is -2.19. The van der Waals surface area contributed by atoms with Crippen LogP contribution in [-0.4, -0.2) is 14.1 Å². The van der Waals surface area contributed by atoms with Gasteiger partial charge in [0.1, 0.15) is 0 Å². The predicted molar refractivity (Wildman–Crippen MR) is 86.6 cm³/mol. The zero-order valence-corrected chi connectivity index (χ0v) is 13.5. The Labute approximate surface area is 126 Å². The first-order chi connectivity index (χ1) is 9.11. The van der Waals surface area contributed by atoms with E-state index in [1.54, 1.807) is 11.3 Å². The van der Waals surface area contributed by atoms with Crippen LogP contribution in [0.3, 0.4) is 0 Å². The summed E-state index contributed by atoms with van der Waals surface area (Å²) in [7, 11) is 4.08. The molecule has 2 aromatic rings. The number of halogens is 1. The van der Waals surface area contributed by atoms with E-state index in [1.807, 2.05) is 14.1 Å². The standard InChI is InChI=1S/C14H18BrN3S/c1-18(2)11-5-3-4-10(8-11)13(17-16)9-14-12(15)6-7-19-14/h3-8,13,17H,9,16H2,1-2H3. The summed E-state index contributed by atoms with van der Waals surface area (Å²) in [6, 6.07) is 10.6. The maximum absolute atomic E-state index is 5.72. The maximum atomic E-state index is 5.72. The number of hydrogen-bond acceptors (Lipinski definition) is 4. The Kier molecular flexibility index (Phi) is 4.99. The molecule has 3 nitrogen and oxygen atoms in total. The second-order valence-corrected chi connectivity index (χ2v) is 6.46. The highest BCUT2D eigenvalue weighted by Crippen LogP contribution is 2.29. The lowest BCUT2D eigenvalue weighted by Crippen LogP contribution is -2.29. The zero-order chi connectivity index (χ0) is 13.8. The molecule has 0 radical (unpaired) electrons. The molecular weight excluding hydrogens is 322 g/mol. The van der Waals surface area contributed by atoms with E-state index in [-0.39, 0.29) is 6.04 Å². The van der Waals surface area contributed by atoms with Crippen molar-refractivity contribution >= 4 is 33.0 Å². The molecule has 0 aliphatic heterocycles. The van der Waals surface area contributed by atoms with E-state index in [2.05, 4.69) is 62.0 Å². The fourth-order valence-electron chi connectivity index (χ4n) is 1.95. The summed E-state index contributed by atoms with van der Waals surface area (Å²) in [4.78, 5) is 3.40. The smallest absolute Gasteiger partial charge is 0.0509 e. The normalized spacial score (nSPS) is 12.4. The number of nitrogens with two attached hydrogens (primary N) is 1. The quantitative estimate of drug-likeness (QED) is 0.648. The molecule has 1 unspecified atom stereocenters. The summed E-state index contributed by atoms with van der Waals surface area (Å²) < 4.78 is 1.15. The lowest BCUT2D eigenvalue weighted by molar-refractivity contribution is 0.555. The summed E-state index contributed by atoms with van der Waals surface area (Å²) in [5.74, 6) is 5.72. The van der Waals surface area contributed by atoms with Crippen molar-refractivity contribution < 1.29 is 0 Å². The van der Waals surface area contributed by atoms with Gasteiger partial charge >= 0.3 is 0 Å². The van der Waals surface area contributed by atoms with Crippen LogP contribution in [0.4, 0.5) is 5.69 Å². The van der Waals surface area contributed by atoms with E-state index in [1.165, 1.54) is 16.1 Å². The Hall–Kier alpha value is -0.880. The molecule has 102 valence electrons. The van der Waals surface area contributed by atoms with Gasteiger partial charge in [0.15, 0.2) is 0 Å². The van der Waals surface area contributed by atoms with E-state index < -0.39 is 0 Å². The van der Waals surface area contributed by atoms with Crippen molar-refractivity contribution in [2.75, 3.05) is 19.0 Å². The van der Waals surface area contributed by atoms with E-state index >= 15 is 0 Å². The van der Waals surface area contributed by atoms with Gasteiger partial charge in [-0.1, -0.05) is 12.1 Å². The molecular formula is C14H18BrN3S. The fraction of sp³-hybridized carbons (Fsp3) is 0.286. The average Bonchev–Trinajstić information content (AvgIpc) is 2.81. The second kappa shape index (κ2) is 6.52. The van der Waals surface area contributed by atoms with Crippen LogP contribution < -0.4 is 16.2 Å². The number of hydrogen-bond donors (Lipinski definition) is 2. The monoisotopic (exact) mass is 339 g/mol. The van der Waals surface area contributed by atoms with E-state index in [9.17, 15) is 0 Å². The van der Waals surface area contributed by atoms with Crippen LogP contribution in [0.1, 0.15) is 16.5 Å². The summed E-state index contributed by atoms with van der Waals surface area (Å²) in [6.45, 7) is 0. The summed E-state index contributed by atoms with van der Waals surface area (Å²) in [5.41, 5.74) is 5.30. The van der Waals surface area contributed by atoms with Gasteiger partial charge in [-0.15, -0.1) is 11.3 Å².